The minimum Gasteiger partial charge on any atom is -0.355 e. The van der Waals surface area contributed by atoms with Gasteiger partial charge in [-0.2, -0.15) is 0 Å². The van der Waals surface area contributed by atoms with Gasteiger partial charge in [0.05, 0.1) is 10.6 Å². The lowest BCUT2D eigenvalue weighted by Crippen LogP contribution is -2.45. The molecule has 3 heterocycles. The van der Waals surface area contributed by atoms with Crippen LogP contribution >= 0.6 is 0 Å². The maximum atomic E-state index is 13.4. The third kappa shape index (κ3) is 4.89. The van der Waals surface area contributed by atoms with Crippen molar-refractivity contribution in [1.82, 2.24) is 19.9 Å². The zero-order valence-corrected chi connectivity index (χ0v) is 20.1. The minimum absolute atomic E-state index is 0.116. The summed E-state index contributed by atoms with van der Waals surface area (Å²) < 4.78 is 41.7. The Kier molecular flexibility index (Phi) is 6.45. The van der Waals surface area contributed by atoms with Crippen molar-refractivity contribution in [3.8, 4) is 11.3 Å². The molecule has 0 amide bonds. The lowest BCUT2D eigenvalue weighted by atomic mass is 10.0. The number of benzene rings is 1. The number of rotatable bonds is 5. The molecule has 33 heavy (non-hydrogen) atoms. The third-order valence-electron chi connectivity index (χ3n) is 6.23. The van der Waals surface area contributed by atoms with Gasteiger partial charge < -0.3 is 4.90 Å². The van der Waals surface area contributed by atoms with Crippen LogP contribution in [0.1, 0.15) is 35.2 Å². The largest absolute Gasteiger partial charge is 0.355 e. The van der Waals surface area contributed by atoms with Crippen molar-refractivity contribution in [2.75, 3.05) is 18.0 Å². The van der Waals surface area contributed by atoms with Crippen LogP contribution in [0.25, 0.3) is 11.3 Å². The Hall–Kier alpha value is -2.91. The molecule has 0 atom stereocenters. The van der Waals surface area contributed by atoms with Crippen molar-refractivity contribution in [1.29, 1.82) is 0 Å². The standard InChI is InChI=1S/C24H28FN5O2S/c1-15-13-20(25)7-8-22(15)33(31,32)29-21-9-11-30(12-10-21)24-18(4)17(3)23(27-28-24)19-6-5-16(2)26-14-19/h5-8,13-14,21,29H,9-12H2,1-4H3. The fourth-order valence-corrected chi connectivity index (χ4v) is 5.71. The van der Waals surface area contributed by atoms with Gasteiger partial charge in [0.1, 0.15) is 5.82 Å². The number of anilines is 1. The van der Waals surface area contributed by atoms with Crippen molar-refractivity contribution in [3.63, 3.8) is 0 Å². The van der Waals surface area contributed by atoms with E-state index >= 15 is 0 Å². The van der Waals surface area contributed by atoms with Gasteiger partial charge in [0, 0.05) is 36.6 Å². The maximum Gasteiger partial charge on any atom is 0.241 e. The van der Waals surface area contributed by atoms with Gasteiger partial charge in [-0.05, 0) is 87.6 Å². The molecule has 4 rings (SSSR count). The third-order valence-corrected chi connectivity index (χ3v) is 7.91. The van der Waals surface area contributed by atoms with E-state index in [1.807, 2.05) is 39.1 Å². The molecule has 9 heteroatoms. The molecule has 0 radical (unpaired) electrons. The van der Waals surface area contributed by atoms with Gasteiger partial charge in [0.2, 0.25) is 10.0 Å². The van der Waals surface area contributed by atoms with E-state index in [0.717, 1.165) is 33.9 Å². The summed E-state index contributed by atoms with van der Waals surface area (Å²) in [5, 5.41) is 8.98. The van der Waals surface area contributed by atoms with Crippen LogP contribution in [-0.2, 0) is 10.0 Å². The zero-order valence-electron chi connectivity index (χ0n) is 19.3. The number of sulfonamides is 1. The highest BCUT2D eigenvalue weighted by Crippen LogP contribution is 2.29. The normalized spacial score (nSPS) is 15.1. The topological polar surface area (TPSA) is 88.1 Å². The molecule has 7 nitrogen and oxygen atoms in total. The molecule has 3 aromatic rings. The lowest BCUT2D eigenvalue weighted by Gasteiger charge is -2.34. The van der Waals surface area contributed by atoms with Crippen molar-refractivity contribution in [2.24, 2.45) is 0 Å². The quantitative estimate of drug-likeness (QED) is 0.611. The smallest absolute Gasteiger partial charge is 0.241 e. The molecule has 0 saturated carbocycles. The average molecular weight is 470 g/mol. The average Bonchev–Trinajstić information content (AvgIpc) is 2.76. The maximum absolute atomic E-state index is 13.4. The first-order valence-electron chi connectivity index (χ1n) is 11.0. The predicted molar refractivity (Wildman–Crippen MR) is 126 cm³/mol. The van der Waals surface area contributed by atoms with Crippen molar-refractivity contribution < 1.29 is 12.8 Å². The first kappa shape index (κ1) is 23.3. The van der Waals surface area contributed by atoms with E-state index in [0.29, 0.717) is 31.5 Å². The first-order chi connectivity index (χ1) is 15.7. The fourth-order valence-electron chi connectivity index (χ4n) is 4.18. The molecular weight excluding hydrogens is 441 g/mol. The van der Waals surface area contributed by atoms with Crippen LogP contribution in [0, 0.1) is 33.5 Å². The summed E-state index contributed by atoms with van der Waals surface area (Å²) in [5.41, 5.74) is 5.21. The van der Waals surface area contributed by atoms with Gasteiger partial charge in [0.15, 0.2) is 5.82 Å². The predicted octanol–water partition coefficient (Wildman–Crippen LogP) is 3.86. The molecule has 1 aromatic carbocycles. The number of nitrogens with one attached hydrogen (secondary N) is 1. The highest BCUT2D eigenvalue weighted by molar-refractivity contribution is 7.89. The molecule has 0 spiro atoms. The number of hydrogen-bond acceptors (Lipinski definition) is 6. The van der Waals surface area contributed by atoms with Crippen LogP contribution in [-0.4, -0.2) is 42.7 Å². The summed E-state index contributed by atoms with van der Waals surface area (Å²) in [5.74, 6) is 0.378. The van der Waals surface area contributed by atoms with Crippen LogP contribution in [0.2, 0.25) is 0 Å². The van der Waals surface area contributed by atoms with E-state index in [4.69, 9.17) is 0 Å². The van der Waals surface area contributed by atoms with Gasteiger partial charge >= 0.3 is 0 Å². The SMILES string of the molecule is Cc1ccc(-c2nnc(N3CCC(NS(=O)(=O)c4ccc(F)cc4C)CC3)c(C)c2C)cn1. The van der Waals surface area contributed by atoms with E-state index in [-0.39, 0.29) is 10.9 Å². The summed E-state index contributed by atoms with van der Waals surface area (Å²) in [6, 6.07) is 7.48. The van der Waals surface area contributed by atoms with Gasteiger partial charge in [0.25, 0.3) is 0 Å². The number of aromatic nitrogens is 3. The van der Waals surface area contributed by atoms with Crippen LogP contribution in [0.5, 0.6) is 0 Å². The molecule has 1 fully saturated rings. The zero-order chi connectivity index (χ0) is 23.8. The molecule has 2 aromatic heterocycles. The molecular formula is C24H28FN5O2S. The molecule has 1 aliphatic heterocycles. The highest BCUT2D eigenvalue weighted by Gasteiger charge is 2.27. The van der Waals surface area contributed by atoms with Crippen molar-refractivity contribution in [3.05, 3.63) is 64.7 Å². The lowest BCUT2D eigenvalue weighted by molar-refractivity contribution is 0.457. The Bertz CT molecular complexity index is 1270. The molecule has 1 aliphatic rings. The van der Waals surface area contributed by atoms with Crippen LogP contribution in [0.15, 0.2) is 41.4 Å². The Labute approximate surface area is 194 Å². The summed E-state index contributed by atoms with van der Waals surface area (Å²) in [4.78, 5) is 6.62. The monoisotopic (exact) mass is 469 g/mol. The Balaban J connectivity index is 1.45. The number of aryl methyl sites for hydroxylation is 2. The van der Waals surface area contributed by atoms with Gasteiger partial charge in [-0.15, -0.1) is 10.2 Å². The molecule has 174 valence electrons. The summed E-state index contributed by atoms with van der Waals surface area (Å²) >= 11 is 0. The number of halogens is 1. The van der Waals surface area contributed by atoms with Crippen LogP contribution in [0.3, 0.4) is 0 Å². The van der Waals surface area contributed by atoms with Gasteiger partial charge in [-0.1, -0.05) is 0 Å². The molecule has 0 unspecified atom stereocenters. The first-order valence-corrected chi connectivity index (χ1v) is 12.4. The summed E-state index contributed by atoms with van der Waals surface area (Å²) in [6.45, 7) is 8.94. The second-order valence-electron chi connectivity index (χ2n) is 8.60. The molecule has 0 bridgehead atoms. The Morgan fingerprint density at radius 3 is 2.36 bits per heavy atom. The Morgan fingerprint density at radius 2 is 1.73 bits per heavy atom. The molecule has 1 N–H and O–H groups in total. The van der Waals surface area contributed by atoms with E-state index in [1.54, 1.807) is 6.92 Å². The fraction of sp³-hybridized carbons (Fsp3) is 0.375. The Morgan fingerprint density at radius 1 is 1.00 bits per heavy atom. The van der Waals surface area contributed by atoms with Gasteiger partial charge in [-0.3, -0.25) is 4.98 Å². The number of pyridine rings is 1. The van der Waals surface area contributed by atoms with E-state index in [2.05, 4.69) is 24.8 Å². The second-order valence-corrected chi connectivity index (χ2v) is 10.3. The van der Waals surface area contributed by atoms with Crippen molar-refractivity contribution in [2.45, 2.75) is 51.5 Å². The second kappa shape index (κ2) is 9.15. The van der Waals surface area contributed by atoms with E-state index in [9.17, 15) is 12.8 Å². The van der Waals surface area contributed by atoms with Crippen molar-refractivity contribution >= 4 is 15.8 Å². The van der Waals surface area contributed by atoms with Gasteiger partial charge in [-0.25, -0.2) is 17.5 Å². The summed E-state index contributed by atoms with van der Waals surface area (Å²) in [6.07, 6.45) is 3.10. The number of nitrogens with zero attached hydrogens (tertiary/aromatic N) is 4. The highest BCUT2D eigenvalue weighted by atomic mass is 32.2. The van der Waals surface area contributed by atoms with E-state index < -0.39 is 15.8 Å². The summed E-state index contributed by atoms with van der Waals surface area (Å²) in [7, 11) is -3.71. The molecule has 0 aliphatic carbocycles. The van der Waals surface area contributed by atoms with E-state index in [1.165, 1.54) is 18.2 Å². The number of piperidine rings is 1. The molecule has 1 saturated heterocycles. The number of hydrogen-bond donors (Lipinski definition) is 1. The van der Waals surface area contributed by atoms with Crippen LogP contribution < -0.4 is 9.62 Å². The minimum atomic E-state index is -3.71. The van der Waals surface area contributed by atoms with Crippen LogP contribution in [0.4, 0.5) is 10.2 Å².